The quantitative estimate of drug-likeness (QED) is 0.755. The summed E-state index contributed by atoms with van der Waals surface area (Å²) >= 11 is 3.19. The molecule has 80 valence electrons. The fraction of sp³-hybridized carbons (Fsp3) is 0.625. The van der Waals surface area contributed by atoms with Crippen molar-refractivity contribution in [2.24, 2.45) is 0 Å². The maximum atomic E-state index is 12.3. The molecular weight excluding hydrogens is 261 g/mol. The predicted octanol–water partition coefficient (Wildman–Crippen LogP) is 3.21. The average Bonchev–Trinajstić information content (AvgIpc) is 2.43. The molecule has 2 nitrogen and oxygen atoms in total. The van der Waals surface area contributed by atoms with Crippen LogP contribution in [0, 0.1) is 6.92 Å². The number of aromatic nitrogens is 2. The first-order valence-corrected chi connectivity index (χ1v) is 5.15. The number of aryl methyl sites for hydroxylation is 1. The fourth-order valence-corrected chi connectivity index (χ4v) is 1.55. The number of nitrogens with zero attached hydrogens (tertiary/aromatic N) is 2. The Labute approximate surface area is 88.2 Å². The third-order valence-corrected chi connectivity index (χ3v) is 2.64. The monoisotopic (exact) mass is 270 g/mol. The smallest absolute Gasteiger partial charge is 0.260 e. The van der Waals surface area contributed by atoms with E-state index in [1.54, 1.807) is 6.92 Å². The normalized spacial score (nSPS) is 14.4. The number of alkyl halides is 4. The summed E-state index contributed by atoms with van der Waals surface area (Å²) in [5.41, 5.74) is 1.40. The minimum Gasteiger partial charge on any atom is -0.260 e. The zero-order valence-electron chi connectivity index (χ0n) is 7.77. The molecule has 1 unspecified atom stereocenters. The Balaban J connectivity index is 2.97. The molecule has 6 heteroatoms. The van der Waals surface area contributed by atoms with Gasteiger partial charge in [0.2, 0.25) is 0 Å². The van der Waals surface area contributed by atoms with Crippen molar-refractivity contribution >= 4 is 15.9 Å². The van der Waals surface area contributed by atoms with Crippen molar-refractivity contribution in [2.75, 3.05) is 0 Å². The van der Waals surface area contributed by atoms with Crippen LogP contribution in [0.4, 0.5) is 13.2 Å². The maximum absolute atomic E-state index is 12.3. The molecule has 1 aromatic heterocycles. The molecule has 0 saturated heterocycles. The first-order valence-electron chi connectivity index (χ1n) is 4.03. The molecule has 0 amide bonds. The van der Waals surface area contributed by atoms with Gasteiger partial charge in [0, 0.05) is 17.1 Å². The maximum Gasteiger partial charge on any atom is 0.410 e. The van der Waals surface area contributed by atoms with Gasteiger partial charge in [0.25, 0.3) is 0 Å². The van der Waals surface area contributed by atoms with Crippen molar-refractivity contribution in [3.05, 3.63) is 17.5 Å². The second kappa shape index (κ2) is 3.92. The molecule has 0 N–H and O–H groups in total. The first kappa shape index (κ1) is 11.6. The summed E-state index contributed by atoms with van der Waals surface area (Å²) in [6, 6.07) is -1.58. The van der Waals surface area contributed by atoms with E-state index in [4.69, 9.17) is 0 Å². The summed E-state index contributed by atoms with van der Waals surface area (Å²) in [7, 11) is 0. The van der Waals surface area contributed by atoms with E-state index in [-0.39, 0.29) is 0 Å². The van der Waals surface area contributed by atoms with E-state index in [2.05, 4.69) is 21.0 Å². The minimum absolute atomic E-state index is 0.517. The summed E-state index contributed by atoms with van der Waals surface area (Å²) in [6.45, 7) is 2.78. The molecule has 0 aliphatic rings. The van der Waals surface area contributed by atoms with Crippen molar-refractivity contribution in [3.8, 4) is 0 Å². The summed E-state index contributed by atoms with van der Waals surface area (Å²) in [5, 5.41) is 4.33. The molecule has 0 aromatic carbocycles. The lowest BCUT2D eigenvalue weighted by atomic mass is 10.3. The van der Waals surface area contributed by atoms with Crippen molar-refractivity contribution in [1.29, 1.82) is 0 Å². The first-order chi connectivity index (χ1) is 6.36. The molecular formula is C8H10BrF3N2. The van der Waals surface area contributed by atoms with Gasteiger partial charge in [-0.25, -0.2) is 0 Å². The minimum atomic E-state index is -4.25. The van der Waals surface area contributed by atoms with E-state index in [0.29, 0.717) is 11.0 Å². The lowest BCUT2D eigenvalue weighted by molar-refractivity contribution is -0.165. The van der Waals surface area contributed by atoms with Crippen LogP contribution in [-0.4, -0.2) is 16.0 Å². The molecule has 1 heterocycles. The molecule has 0 fully saturated rings. The molecule has 0 aliphatic heterocycles. The number of halogens is 4. The molecule has 0 bridgehead atoms. The standard InChI is InChI=1S/C8H10BrF3N2/c1-5-7(3-9)4-14(13-5)6(2)8(10,11)12/h4,6H,3H2,1-2H3. The molecule has 0 saturated carbocycles. The highest BCUT2D eigenvalue weighted by molar-refractivity contribution is 9.08. The Hall–Kier alpha value is -0.520. The molecule has 0 spiro atoms. The van der Waals surface area contributed by atoms with Crippen molar-refractivity contribution in [1.82, 2.24) is 9.78 Å². The van der Waals surface area contributed by atoms with Gasteiger partial charge >= 0.3 is 6.18 Å². The molecule has 1 rings (SSSR count). The van der Waals surface area contributed by atoms with Gasteiger partial charge in [-0.3, -0.25) is 4.68 Å². The van der Waals surface area contributed by atoms with Gasteiger partial charge in [0.15, 0.2) is 0 Å². The Bertz CT molecular complexity index is 319. The van der Waals surface area contributed by atoms with Crippen LogP contribution in [0.15, 0.2) is 6.20 Å². The molecule has 0 aliphatic carbocycles. The van der Waals surface area contributed by atoms with E-state index in [1.165, 1.54) is 6.20 Å². The lowest BCUT2D eigenvalue weighted by Gasteiger charge is -2.15. The third kappa shape index (κ3) is 2.29. The van der Waals surface area contributed by atoms with Crippen molar-refractivity contribution in [3.63, 3.8) is 0 Å². The summed E-state index contributed by atoms with van der Waals surface area (Å²) in [6.07, 6.45) is -2.83. The Kier molecular flexibility index (Phi) is 3.24. The van der Waals surface area contributed by atoms with Gasteiger partial charge < -0.3 is 0 Å². The van der Waals surface area contributed by atoms with Crippen LogP contribution in [0.25, 0.3) is 0 Å². The van der Waals surface area contributed by atoms with E-state index >= 15 is 0 Å². The molecule has 1 aromatic rings. The topological polar surface area (TPSA) is 17.8 Å². The summed E-state index contributed by atoms with van der Waals surface area (Å²) in [5.74, 6) is 0. The Morgan fingerprint density at radius 2 is 2.14 bits per heavy atom. The summed E-state index contributed by atoms with van der Waals surface area (Å²) in [4.78, 5) is 0. The second-order valence-corrected chi connectivity index (χ2v) is 3.63. The molecule has 14 heavy (non-hydrogen) atoms. The second-order valence-electron chi connectivity index (χ2n) is 3.07. The van der Waals surface area contributed by atoms with Gasteiger partial charge in [-0.15, -0.1) is 0 Å². The summed E-state index contributed by atoms with van der Waals surface area (Å²) < 4.78 is 37.9. The average molecular weight is 271 g/mol. The van der Waals surface area contributed by atoms with E-state index in [1.807, 2.05) is 0 Å². The van der Waals surface area contributed by atoms with Crippen molar-refractivity contribution in [2.45, 2.75) is 31.4 Å². The third-order valence-electron chi connectivity index (χ3n) is 2.03. The van der Waals surface area contributed by atoms with Crippen LogP contribution in [0.3, 0.4) is 0 Å². The highest BCUT2D eigenvalue weighted by Gasteiger charge is 2.38. The Morgan fingerprint density at radius 3 is 2.50 bits per heavy atom. The van der Waals surface area contributed by atoms with Crippen LogP contribution in [0.2, 0.25) is 0 Å². The van der Waals surface area contributed by atoms with Crippen LogP contribution in [-0.2, 0) is 5.33 Å². The van der Waals surface area contributed by atoms with E-state index in [9.17, 15) is 13.2 Å². The highest BCUT2D eigenvalue weighted by Crippen LogP contribution is 2.30. The van der Waals surface area contributed by atoms with Crippen LogP contribution >= 0.6 is 15.9 Å². The lowest BCUT2D eigenvalue weighted by Crippen LogP contribution is -2.24. The van der Waals surface area contributed by atoms with Gasteiger partial charge in [-0.05, 0) is 13.8 Å². The SMILES string of the molecule is Cc1nn(C(C)C(F)(F)F)cc1CBr. The van der Waals surface area contributed by atoms with Gasteiger partial charge in [-0.1, -0.05) is 15.9 Å². The fourth-order valence-electron chi connectivity index (χ4n) is 0.999. The van der Waals surface area contributed by atoms with E-state index < -0.39 is 12.2 Å². The number of rotatable bonds is 2. The zero-order valence-corrected chi connectivity index (χ0v) is 9.35. The highest BCUT2D eigenvalue weighted by atomic mass is 79.9. The number of hydrogen-bond donors (Lipinski definition) is 0. The van der Waals surface area contributed by atoms with Gasteiger partial charge in [-0.2, -0.15) is 18.3 Å². The zero-order chi connectivity index (χ0) is 10.9. The van der Waals surface area contributed by atoms with Gasteiger partial charge in [0.05, 0.1) is 5.69 Å². The largest absolute Gasteiger partial charge is 0.410 e. The number of hydrogen-bond acceptors (Lipinski definition) is 1. The van der Waals surface area contributed by atoms with Crippen molar-refractivity contribution < 1.29 is 13.2 Å². The molecule has 0 radical (unpaired) electrons. The van der Waals surface area contributed by atoms with Gasteiger partial charge in [0.1, 0.15) is 6.04 Å². The van der Waals surface area contributed by atoms with E-state index in [0.717, 1.165) is 17.2 Å². The Morgan fingerprint density at radius 1 is 1.57 bits per heavy atom. The predicted molar refractivity (Wildman–Crippen MR) is 50.4 cm³/mol. The van der Waals surface area contributed by atoms with Crippen LogP contribution in [0.5, 0.6) is 0 Å². The molecule has 1 atom stereocenters. The van der Waals surface area contributed by atoms with Crippen LogP contribution < -0.4 is 0 Å². The van der Waals surface area contributed by atoms with Crippen LogP contribution in [0.1, 0.15) is 24.2 Å².